The van der Waals surface area contributed by atoms with Crippen LogP contribution in [0.1, 0.15) is 17.7 Å². The third kappa shape index (κ3) is 2.71. The third-order valence-corrected chi connectivity index (χ3v) is 3.38. The summed E-state index contributed by atoms with van der Waals surface area (Å²) in [5, 5.41) is 14.4. The Balaban J connectivity index is 2.04. The van der Waals surface area contributed by atoms with E-state index in [9.17, 15) is 0 Å². The van der Waals surface area contributed by atoms with Crippen LogP contribution in [0.2, 0.25) is 0 Å². The SMILES string of the molecule is Nc1ncnc2c1c(CCCO)nn2Cc1ccccc1. The summed E-state index contributed by atoms with van der Waals surface area (Å²) in [5.74, 6) is 0.437. The van der Waals surface area contributed by atoms with E-state index in [4.69, 9.17) is 10.8 Å². The summed E-state index contributed by atoms with van der Waals surface area (Å²) in [5.41, 5.74) is 8.69. The first-order valence-corrected chi connectivity index (χ1v) is 6.90. The lowest BCUT2D eigenvalue weighted by atomic mass is 10.2. The maximum Gasteiger partial charge on any atom is 0.163 e. The molecule has 21 heavy (non-hydrogen) atoms. The molecule has 108 valence electrons. The molecule has 0 saturated heterocycles. The van der Waals surface area contributed by atoms with Gasteiger partial charge in [0.1, 0.15) is 12.1 Å². The number of nitrogens with zero attached hydrogens (tertiary/aromatic N) is 4. The van der Waals surface area contributed by atoms with E-state index in [-0.39, 0.29) is 6.61 Å². The molecule has 0 unspecified atom stereocenters. The summed E-state index contributed by atoms with van der Waals surface area (Å²) < 4.78 is 1.84. The van der Waals surface area contributed by atoms with E-state index in [1.165, 1.54) is 6.33 Å². The number of aliphatic hydroxyl groups excluding tert-OH is 1. The predicted molar refractivity (Wildman–Crippen MR) is 80.7 cm³/mol. The fourth-order valence-electron chi connectivity index (χ4n) is 2.39. The van der Waals surface area contributed by atoms with E-state index in [0.717, 1.165) is 22.3 Å². The van der Waals surface area contributed by atoms with Crippen molar-refractivity contribution in [1.82, 2.24) is 19.7 Å². The number of aromatic nitrogens is 4. The molecule has 2 heterocycles. The van der Waals surface area contributed by atoms with Gasteiger partial charge < -0.3 is 10.8 Å². The van der Waals surface area contributed by atoms with E-state index in [1.54, 1.807) is 0 Å². The van der Waals surface area contributed by atoms with Crippen LogP contribution in [0.4, 0.5) is 5.82 Å². The van der Waals surface area contributed by atoms with Crippen molar-refractivity contribution in [3.63, 3.8) is 0 Å². The molecule has 0 atom stereocenters. The summed E-state index contributed by atoms with van der Waals surface area (Å²) in [6, 6.07) is 10.1. The van der Waals surface area contributed by atoms with E-state index < -0.39 is 0 Å². The standard InChI is InChI=1S/C15H17N5O/c16-14-13-12(7-4-8-21)19-20(15(13)18-10-17-14)9-11-5-2-1-3-6-11/h1-3,5-6,10,21H,4,7-9H2,(H2,16,17,18). The average Bonchev–Trinajstić information content (AvgIpc) is 2.86. The predicted octanol–water partition coefficient (Wildman–Crippen LogP) is 1.38. The average molecular weight is 283 g/mol. The number of hydrogen-bond acceptors (Lipinski definition) is 5. The van der Waals surface area contributed by atoms with Gasteiger partial charge in [-0.2, -0.15) is 5.10 Å². The maximum atomic E-state index is 9.01. The molecule has 3 rings (SSSR count). The molecule has 0 aliphatic rings. The van der Waals surface area contributed by atoms with Crippen molar-refractivity contribution in [1.29, 1.82) is 0 Å². The number of fused-ring (bicyclic) bond motifs is 1. The zero-order valence-corrected chi connectivity index (χ0v) is 11.6. The minimum atomic E-state index is 0.126. The highest BCUT2D eigenvalue weighted by Crippen LogP contribution is 2.23. The molecule has 6 heteroatoms. The van der Waals surface area contributed by atoms with Crippen molar-refractivity contribution in [3.05, 3.63) is 47.9 Å². The van der Waals surface area contributed by atoms with Crippen molar-refractivity contribution in [2.75, 3.05) is 12.3 Å². The Labute approximate surface area is 122 Å². The van der Waals surface area contributed by atoms with E-state index in [2.05, 4.69) is 15.1 Å². The van der Waals surface area contributed by atoms with Gasteiger partial charge in [0, 0.05) is 6.61 Å². The summed E-state index contributed by atoms with van der Waals surface area (Å²) in [6.07, 6.45) is 2.76. The van der Waals surface area contributed by atoms with Crippen LogP contribution in [0.3, 0.4) is 0 Å². The molecule has 0 saturated carbocycles. The second-order valence-corrected chi connectivity index (χ2v) is 4.87. The zero-order chi connectivity index (χ0) is 14.7. The van der Waals surface area contributed by atoms with Crippen LogP contribution in [-0.4, -0.2) is 31.5 Å². The molecule has 0 aliphatic heterocycles. The van der Waals surface area contributed by atoms with Crippen molar-refractivity contribution in [3.8, 4) is 0 Å². The first-order chi connectivity index (χ1) is 10.3. The largest absolute Gasteiger partial charge is 0.396 e. The number of benzene rings is 1. The monoisotopic (exact) mass is 283 g/mol. The van der Waals surface area contributed by atoms with Crippen LogP contribution in [0, 0.1) is 0 Å². The topological polar surface area (TPSA) is 89.8 Å². The van der Waals surface area contributed by atoms with Crippen LogP contribution >= 0.6 is 0 Å². The van der Waals surface area contributed by atoms with Crippen molar-refractivity contribution in [2.45, 2.75) is 19.4 Å². The minimum Gasteiger partial charge on any atom is -0.396 e. The molecule has 3 aromatic rings. The molecule has 0 spiro atoms. The van der Waals surface area contributed by atoms with Crippen molar-refractivity contribution in [2.24, 2.45) is 0 Å². The highest BCUT2D eigenvalue weighted by molar-refractivity contribution is 5.88. The van der Waals surface area contributed by atoms with Gasteiger partial charge in [0.2, 0.25) is 0 Å². The molecule has 0 bridgehead atoms. The van der Waals surface area contributed by atoms with Gasteiger partial charge in [-0.15, -0.1) is 0 Å². The number of rotatable bonds is 5. The smallest absolute Gasteiger partial charge is 0.163 e. The third-order valence-electron chi connectivity index (χ3n) is 3.38. The van der Waals surface area contributed by atoms with Crippen LogP contribution in [-0.2, 0) is 13.0 Å². The van der Waals surface area contributed by atoms with Gasteiger partial charge in [0.15, 0.2) is 5.65 Å². The molecule has 3 N–H and O–H groups in total. The fraction of sp³-hybridized carbons (Fsp3) is 0.267. The Morgan fingerprint density at radius 2 is 1.95 bits per heavy atom. The maximum absolute atomic E-state index is 9.01. The van der Waals surface area contributed by atoms with E-state index in [1.807, 2.05) is 35.0 Å². The quantitative estimate of drug-likeness (QED) is 0.738. The second kappa shape index (κ2) is 5.88. The molecular formula is C15H17N5O. The lowest BCUT2D eigenvalue weighted by Gasteiger charge is -2.02. The molecule has 0 amide bonds. The Hall–Kier alpha value is -2.47. The Morgan fingerprint density at radius 3 is 2.71 bits per heavy atom. The van der Waals surface area contributed by atoms with Gasteiger partial charge in [-0.25, -0.2) is 14.6 Å². The Kier molecular flexibility index (Phi) is 3.79. The summed E-state index contributed by atoms with van der Waals surface area (Å²) in [4.78, 5) is 8.36. The van der Waals surface area contributed by atoms with Gasteiger partial charge >= 0.3 is 0 Å². The highest BCUT2D eigenvalue weighted by atomic mass is 16.2. The Bertz CT molecular complexity index is 738. The second-order valence-electron chi connectivity index (χ2n) is 4.87. The van der Waals surface area contributed by atoms with Crippen LogP contribution in [0.25, 0.3) is 11.0 Å². The van der Waals surface area contributed by atoms with Crippen LogP contribution < -0.4 is 5.73 Å². The number of aryl methyl sites for hydroxylation is 1. The lowest BCUT2D eigenvalue weighted by Crippen LogP contribution is -2.03. The molecule has 1 aromatic carbocycles. The van der Waals surface area contributed by atoms with E-state index in [0.29, 0.717) is 25.2 Å². The normalized spacial score (nSPS) is 11.1. The lowest BCUT2D eigenvalue weighted by molar-refractivity contribution is 0.288. The van der Waals surface area contributed by atoms with Gasteiger partial charge in [-0.3, -0.25) is 0 Å². The number of nitrogen functional groups attached to an aromatic ring is 1. The van der Waals surface area contributed by atoms with Gasteiger partial charge in [-0.05, 0) is 18.4 Å². The first-order valence-electron chi connectivity index (χ1n) is 6.90. The number of anilines is 1. The van der Waals surface area contributed by atoms with Gasteiger partial charge in [-0.1, -0.05) is 30.3 Å². The molecule has 0 fully saturated rings. The summed E-state index contributed by atoms with van der Waals surface area (Å²) >= 11 is 0. The summed E-state index contributed by atoms with van der Waals surface area (Å²) in [7, 11) is 0. The fourth-order valence-corrected chi connectivity index (χ4v) is 2.39. The molecular weight excluding hydrogens is 266 g/mol. The molecule has 0 radical (unpaired) electrons. The molecule has 0 aliphatic carbocycles. The number of hydrogen-bond donors (Lipinski definition) is 2. The zero-order valence-electron chi connectivity index (χ0n) is 11.6. The number of nitrogens with two attached hydrogens (primary N) is 1. The van der Waals surface area contributed by atoms with Gasteiger partial charge in [0.05, 0.1) is 17.6 Å². The Morgan fingerprint density at radius 1 is 1.14 bits per heavy atom. The van der Waals surface area contributed by atoms with Crippen LogP contribution in [0.15, 0.2) is 36.7 Å². The summed E-state index contributed by atoms with van der Waals surface area (Å²) in [6.45, 7) is 0.757. The molecule has 2 aromatic heterocycles. The minimum absolute atomic E-state index is 0.126. The van der Waals surface area contributed by atoms with E-state index >= 15 is 0 Å². The van der Waals surface area contributed by atoms with Crippen molar-refractivity contribution < 1.29 is 5.11 Å². The van der Waals surface area contributed by atoms with Gasteiger partial charge in [0.25, 0.3) is 0 Å². The number of aliphatic hydroxyl groups is 1. The highest BCUT2D eigenvalue weighted by Gasteiger charge is 2.15. The van der Waals surface area contributed by atoms with Crippen molar-refractivity contribution >= 4 is 16.9 Å². The van der Waals surface area contributed by atoms with Crippen LogP contribution in [0.5, 0.6) is 0 Å². The molecule has 6 nitrogen and oxygen atoms in total. The first kappa shape index (κ1) is 13.5.